The molecule has 1 aromatic rings. The van der Waals surface area contributed by atoms with E-state index < -0.39 is 0 Å². The summed E-state index contributed by atoms with van der Waals surface area (Å²) in [6.45, 7) is 4.21. The second kappa shape index (κ2) is 7.11. The number of para-hydroxylation sites is 1. The zero-order valence-corrected chi connectivity index (χ0v) is 11.1. The molecule has 1 heterocycles. The minimum Gasteiger partial charge on any atom is -0.492 e. The van der Waals surface area contributed by atoms with Crippen LogP contribution in [0.3, 0.4) is 0 Å². The van der Waals surface area contributed by atoms with Gasteiger partial charge >= 0.3 is 0 Å². The monoisotopic (exact) mass is 264 g/mol. The average molecular weight is 264 g/mol. The lowest BCUT2D eigenvalue weighted by Crippen LogP contribution is -2.55. The molecule has 5 nitrogen and oxygen atoms in total. The molecule has 1 fully saturated rings. The number of rotatable bonds is 5. The van der Waals surface area contributed by atoms with Crippen LogP contribution in [0.4, 0.5) is 0 Å². The molecule has 0 spiro atoms. The zero-order chi connectivity index (χ0) is 13.5. The van der Waals surface area contributed by atoms with Gasteiger partial charge in [0.05, 0.1) is 19.3 Å². The maximum atomic E-state index is 11.9. The molecule has 104 valence electrons. The topological polar surface area (TPSA) is 59.6 Å². The Bertz CT molecular complexity index is 397. The van der Waals surface area contributed by atoms with Gasteiger partial charge in [0.2, 0.25) is 5.91 Å². The largest absolute Gasteiger partial charge is 0.492 e. The molecule has 19 heavy (non-hydrogen) atoms. The van der Waals surface area contributed by atoms with E-state index in [2.05, 4.69) is 10.6 Å². The highest BCUT2D eigenvalue weighted by atomic mass is 16.5. The average Bonchev–Trinajstić information content (AvgIpc) is 2.45. The lowest BCUT2D eigenvalue weighted by molar-refractivity contribution is -0.129. The highest BCUT2D eigenvalue weighted by Gasteiger charge is 2.27. The molecule has 0 bridgehead atoms. The van der Waals surface area contributed by atoms with Crippen LogP contribution in [0, 0.1) is 0 Å². The number of hydrogen-bond donors (Lipinski definition) is 2. The second-order valence-corrected chi connectivity index (χ2v) is 4.46. The number of nitrogens with one attached hydrogen (secondary N) is 2. The minimum absolute atomic E-state index is 0.0381. The van der Waals surface area contributed by atoms with Crippen LogP contribution in [0.5, 0.6) is 5.75 Å². The number of hydrogen-bond acceptors (Lipinski definition) is 4. The van der Waals surface area contributed by atoms with Crippen LogP contribution < -0.4 is 15.4 Å². The van der Waals surface area contributed by atoms with Gasteiger partial charge < -0.3 is 20.1 Å². The SMILES string of the molecule is C[C@H]1OCCN[C@@H]1C(=O)NCCOc1ccccc1. The third-order valence-corrected chi connectivity index (χ3v) is 3.01. The third-order valence-electron chi connectivity index (χ3n) is 3.01. The molecule has 0 saturated carbocycles. The van der Waals surface area contributed by atoms with Crippen molar-refractivity contribution >= 4 is 5.91 Å². The van der Waals surface area contributed by atoms with Crippen molar-refractivity contribution in [2.45, 2.75) is 19.1 Å². The first kappa shape index (κ1) is 13.8. The predicted molar refractivity (Wildman–Crippen MR) is 72.2 cm³/mol. The van der Waals surface area contributed by atoms with Gasteiger partial charge in [-0.25, -0.2) is 0 Å². The van der Waals surface area contributed by atoms with Gasteiger partial charge in [-0.1, -0.05) is 18.2 Å². The Balaban J connectivity index is 1.66. The van der Waals surface area contributed by atoms with Crippen molar-refractivity contribution in [3.05, 3.63) is 30.3 Å². The number of ether oxygens (including phenoxy) is 2. The van der Waals surface area contributed by atoms with Crippen molar-refractivity contribution in [3.8, 4) is 5.75 Å². The number of carbonyl (C=O) groups excluding carboxylic acids is 1. The van der Waals surface area contributed by atoms with Crippen LogP contribution in [-0.2, 0) is 9.53 Å². The van der Waals surface area contributed by atoms with E-state index in [0.717, 1.165) is 5.75 Å². The van der Waals surface area contributed by atoms with Gasteiger partial charge in [-0.05, 0) is 19.1 Å². The number of amides is 1. The smallest absolute Gasteiger partial charge is 0.239 e. The van der Waals surface area contributed by atoms with Gasteiger partial charge in [0.15, 0.2) is 0 Å². The molecule has 0 radical (unpaired) electrons. The van der Waals surface area contributed by atoms with E-state index >= 15 is 0 Å². The molecule has 1 amide bonds. The van der Waals surface area contributed by atoms with Crippen molar-refractivity contribution in [1.29, 1.82) is 0 Å². The standard InChI is InChI=1S/C14H20N2O3/c1-11-13(15-7-9-18-11)14(17)16-8-10-19-12-5-3-2-4-6-12/h2-6,11,13,15H,7-10H2,1H3,(H,16,17)/t11-,13+/m1/s1. The molecule has 2 N–H and O–H groups in total. The molecule has 2 rings (SSSR count). The van der Waals surface area contributed by atoms with Crippen LogP contribution in [0.1, 0.15) is 6.92 Å². The number of carbonyl (C=O) groups is 1. The molecule has 1 saturated heterocycles. The predicted octanol–water partition coefficient (Wildman–Crippen LogP) is 0.559. The first-order chi connectivity index (χ1) is 9.27. The normalized spacial score (nSPS) is 22.8. The summed E-state index contributed by atoms with van der Waals surface area (Å²) in [4.78, 5) is 11.9. The molecule has 0 aromatic heterocycles. The second-order valence-electron chi connectivity index (χ2n) is 4.46. The summed E-state index contributed by atoms with van der Waals surface area (Å²) in [5.74, 6) is 0.771. The first-order valence-electron chi connectivity index (χ1n) is 6.58. The molecular formula is C14H20N2O3. The Morgan fingerprint density at radius 2 is 2.26 bits per heavy atom. The highest BCUT2D eigenvalue weighted by molar-refractivity contribution is 5.82. The highest BCUT2D eigenvalue weighted by Crippen LogP contribution is 2.07. The first-order valence-corrected chi connectivity index (χ1v) is 6.58. The Morgan fingerprint density at radius 3 is 3.00 bits per heavy atom. The Morgan fingerprint density at radius 1 is 1.47 bits per heavy atom. The van der Waals surface area contributed by atoms with Crippen molar-refractivity contribution in [2.24, 2.45) is 0 Å². The van der Waals surface area contributed by atoms with E-state index in [-0.39, 0.29) is 18.1 Å². The lowest BCUT2D eigenvalue weighted by Gasteiger charge is -2.29. The van der Waals surface area contributed by atoms with Crippen LogP contribution in [0.25, 0.3) is 0 Å². The van der Waals surface area contributed by atoms with E-state index in [0.29, 0.717) is 26.3 Å². The van der Waals surface area contributed by atoms with E-state index in [1.165, 1.54) is 0 Å². The van der Waals surface area contributed by atoms with Gasteiger partial charge in [-0.3, -0.25) is 4.79 Å². The minimum atomic E-state index is -0.273. The van der Waals surface area contributed by atoms with E-state index in [4.69, 9.17) is 9.47 Å². The molecule has 5 heteroatoms. The third kappa shape index (κ3) is 4.22. The van der Waals surface area contributed by atoms with Crippen molar-refractivity contribution < 1.29 is 14.3 Å². The molecule has 1 aliphatic heterocycles. The van der Waals surface area contributed by atoms with E-state index in [1.54, 1.807) is 0 Å². The van der Waals surface area contributed by atoms with Gasteiger partial charge in [0.1, 0.15) is 18.4 Å². The zero-order valence-electron chi connectivity index (χ0n) is 11.1. The Hall–Kier alpha value is -1.59. The summed E-state index contributed by atoms with van der Waals surface area (Å²) >= 11 is 0. The fourth-order valence-corrected chi connectivity index (χ4v) is 2.00. The summed E-state index contributed by atoms with van der Waals surface area (Å²) in [5.41, 5.74) is 0. The summed E-state index contributed by atoms with van der Waals surface area (Å²) in [7, 11) is 0. The number of morpholine rings is 1. The fraction of sp³-hybridized carbons (Fsp3) is 0.500. The van der Waals surface area contributed by atoms with Crippen LogP contribution >= 0.6 is 0 Å². The van der Waals surface area contributed by atoms with Gasteiger partial charge in [0.25, 0.3) is 0 Å². The Labute approximate surface area is 113 Å². The molecule has 0 unspecified atom stereocenters. The fourth-order valence-electron chi connectivity index (χ4n) is 2.00. The van der Waals surface area contributed by atoms with Gasteiger partial charge in [0, 0.05) is 6.54 Å². The van der Waals surface area contributed by atoms with Crippen LogP contribution in [-0.4, -0.2) is 44.4 Å². The van der Waals surface area contributed by atoms with Gasteiger partial charge in [-0.2, -0.15) is 0 Å². The summed E-state index contributed by atoms with van der Waals surface area (Å²) in [6, 6.07) is 9.27. The molecule has 0 aliphatic carbocycles. The maximum Gasteiger partial charge on any atom is 0.239 e. The van der Waals surface area contributed by atoms with Crippen molar-refractivity contribution in [3.63, 3.8) is 0 Å². The Kier molecular flexibility index (Phi) is 5.18. The quantitative estimate of drug-likeness (QED) is 0.763. The van der Waals surface area contributed by atoms with Crippen LogP contribution in [0.15, 0.2) is 30.3 Å². The molecule has 1 aromatic carbocycles. The summed E-state index contributed by atoms with van der Waals surface area (Å²) in [5, 5.41) is 6.00. The summed E-state index contributed by atoms with van der Waals surface area (Å²) < 4.78 is 10.9. The van der Waals surface area contributed by atoms with E-state index in [9.17, 15) is 4.79 Å². The molecule has 1 aliphatic rings. The van der Waals surface area contributed by atoms with Gasteiger partial charge in [-0.15, -0.1) is 0 Å². The van der Waals surface area contributed by atoms with Crippen LogP contribution in [0.2, 0.25) is 0 Å². The van der Waals surface area contributed by atoms with E-state index in [1.807, 2.05) is 37.3 Å². The maximum absolute atomic E-state index is 11.9. The van der Waals surface area contributed by atoms with Crippen molar-refractivity contribution in [1.82, 2.24) is 10.6 Å². The molecular weight excluding hydrogens is 244 g/mol. The lowest BCUT2D eigenvalue weighted by atomic mass is 10.1. The molecule has 2 atom stereocenters. The number of benzene rings is 1. The van der Waals surface area contributed by atoms with Crippen molar-refractivity contribution in [2.75, 3.05) is 26.3 Å². The summed E-state index contributed by atoms with van der Waals surface area (Å²) in [6.07, 6.45) is -0.0937.